The molecule has 164 valence electrons. The zero-order valence-electron chi connectivity index (χ0n) is 17.9. The van der Waals surface area contributed by atoms with Crippen molar-refractivity contribution < 1.29 is 19.1 Å². The number of hydrogen-bond acceptors (Lipinski definition) is 5. The Labute approximate surface area is 182 Å². The highest BCUT2D eigenvalue weighted by molar-refractivity contribution is 6.04. The summed E-state index contributed by atoms with van der Waals surface area (Å²) < 4.78 is 10.6. The van der Waals surface area contributed by atoms with Crippen LogP contribution in [0.4, 0.5) is 11.4 Å². The van der Waals surface area contributed by atoms with Crippen LogP contribution < -0.4 is 19.7 Å². The maximum atomic E-state index is 12.5. The van der Waals surface area contributed by atoms with Crippen molar-refractivity contribution >= 4 is 23.2 Å². The molecule has 0 bridgehead atoms. The smallest absolute Gasteiger partial charge is 0.255 e. The molecule has 0 atom stereocenters. The van der Waals surface area contributed by atoms with Crippen molar-refractivity contribution in [1.82, 2.24) is 4.90 Å². The molecule has 0 aromatic heterocycles. The van der Waals surface area contributed by atoms with E-state index in [4.69, 9.17) is 9.47 Å². The van der Waals surface area contributed by atoms with Gasteiger partial charge in [-0.1, -0.05) is 19.8 Å². The van der Waals surface area contributed by atoms with Gasteiger partial charge in [0.1, 0.15) is 0 Å². The minimum atomic E-state index is -0.193. The van der Waals surface area contributed by atoms with E-state index in [2.05, 4.69) is 17.1 Å². The van der Waals surface area contributed by atoms with Gasteiger partial charge in [0.05, 0.1) is 0 Å². The number of ether oxygens (including phenoxy) is 2. The normalized spacial score (nSPS) is 15.1. The number of hydrogen-bond donors (Lipinski definition) is 1. The van der Waals surface area contributed by atoms with Crippen molar-refractivity contribution in [2.75, 3.05) is 43.2 Å². The first-order chi connectivity index (χ1) is 15.1. The van der Waals surface area contributed by atoms with Gasteiger partial charge in [0.15, 0.2) is 11.5 Å². The van der Waals surface area contributed by atoms with Crippen molar-refractivity contribution in [3.8, 4) is 11.5 Å². The summed E-state index contributed by atoms with van der Waals surface area (Å²) >= 11 is 0. The van der Waals surface area contributed by atoms with Crippen LogP contribution in [0.5, 0.6) is 11.5 Å². The Bertz CT molecular complexity index is 921. The minimum absolute atomic E-state index is 0.184. The molecule has 4 rings (SSSR count). The Morgan fingerprint density at radius 1 is 0.935 bits per heavy atom. The van der Waals surface area contributed by atoms with E-state index in [9.17, 15) is 9.59 Å². The molecule has 2 heterocycles. The molecule has 2 aliphatic heterocycles. The first-order valence-electron chi connectivity index (χ1n) is 11.0. The van der Waals surface area contributed by atoms with Gasteiger partial charge < -0.3 is 24.6 Å². The van der Waals surface area contributed by atoms with Gasteiger partial charge >= 0.3 is 0 Å². The topological polar surface area (TPSA) is 71.1 Å². The zero-order chi connectivity index (χ0) is 21.6. The molecule has 2 aliphatic rings. The summed E-state index contributed by atoms with van der Waals surface area (Å²) in [4.78, 5) is 29.1. The molecule has 7 nitrogen and oxygen atoms in total. The Balaban J connectivity index is 1.29. The standard InChI is InChI=1S/C24H29N3O4/c1-2-3-4-5-23(28)27-14-12-26(13-15-27)20-9-7-19(8-10-20)25-24(29)18-6-11-21-22(16-18)31-17-30-21/h6-11,16H,2-5,12-15,17H2,1H3,(H,25,29). The summed E-state index contributed by atoms with van der Waals surface area (Å²) in [6.07, 6.45) is 3.89. The van der Waals surface area contributed by atoms with Crippen LogP contribution >= 0.6 is 0 Å². The average molecular weight is 424 g/mol. The number of nitrogens with zero attached hydrogens (tertiary/aromatic N) is 2. The van der Waals surface area contributed by atoms with Crippen LogP contribution in [0.15, 0.2) is 42.5 Å². The largest absolute Gasteiger partial charge is 0.454 e. The molecule has 1 fully saturated rings. The van der Waals surface area contributed by atoms with Crippen molar-refractivity contribution in [3.05, 3.63) is 48.0 Å². The monoisotopic (exact) mass is 423 g/mol. The second-order valence-corrected chi connectivity index (χ2v) is 7.89. The molecule has 0 spiro atoms. The second-order valence-electron chi connectivity index (χ2n) is 7.89. The number of fused-ring (bicyclic) bond motifs is 1. The molecule has 0 aliphatic carbocycles. The van der Waals surface area contributed by atoms with E-state index < -0.39 is 0 Å². The van der Waals surface area contributed by atoms with E-state index in [0.717, 1.165) is 56.8 Å². The molecule has 0 radical (unpaired) electrons. The number of unbranched alkanes of at least 4 members (excludes halogenated alkanes) is 2. The van der Waals surface area contributed by atoms with Crippen LogP contribution in [0, 0.1) is 0 Å². The number of piperazine rings is 1. The van der Waals surface area contributed by atoms with Crippen LogP contribution in [0.3, 0.4) is 0 Å². The van der Waals surface area contributed by atoms with Crippen LogP contribution in [0.25, 0.3) is 0 Å². The van der Waals surface area contributed by atoms with Gasteiger partial charge in [0, 0.05) is 49.5 Å². The minimum Gasteiger partial charge on any atom is -0.454 e. The summed E-state index contributed by atoms with van der Waals surface area (Å²) in [6, 6.07) is 13.0. The SMILES string of the molecule is CCCCCC(=O)N1CCN(c2ccc(NC(=O)c3ccc4c(c3)OCO4)cc2)CC1. The lowest BCUT2D eigenvalue weighted by Gasteiger charge is -2.36. The molecule has 0 unspecified atom stereocenters. The molecular weight excluding hydrogens is 394 g/mol. The predicted molar refractivity (Wildman–Crippen MR) is 120 cm³/mol. The van der Waals surface area contributed by atoms with Gasteiger partial charge in [-0.2, -0.15) is 0 Å². The summed E-state index contributed by atoms with van der Waals surface area (Å²) in [5.41, 5.74) is 2.35. The van der Waals surface area contributed by atoms with Crippen molar-refractivity contribution in [1.29, 1.82) is 0 Å². The van der Waals surface area contributed by atoms with Gasteiger partial charge in [-0.15, -0.1) is 0 Å². The van der Waals surface area contributed by atoms with E-state index in [-0.39, 0.29) is 18.6 Å². The lowest BCUT2D eigenvalue weighted by Crippen LogP contribution is -2.48. The summed E-state index contributed by atoms with van der Waals surface area (Å²) in [6.45, 7) is 5.49. The van der Waals surface area contributed by atoms with Crippen molar-refractivity contribution in [2.24, 2.45) is 0 Å². The average Bonchev–Trinajstić information content (AvgIpc) is 3.28. The summed E-state index contributed by atoms with van der Waals surface area (Å²) in [5, 5.41) is 2.92. The van der Waals surface area contributed by atoms with E-state index in [1.165, 1.54) is 0 Å². The number of rotatable bonds is 7. The highest BCUT2D eigenvalue weighted by atomic mass is 16.7. The van der Waals surface area contributed by atoms with Crippen LogP contribution in [-0.2, 0) is 4.79 Å². The quantitative estimate of drug-likeness (QED) is 0.684. The Morgan fingerprint density at radius 2 is 1.68 bits per heavy atom. The highest BCUT2D eigenvalue weighted by Crippen LogP contribution is 2.32. The molecule has 2 aromatic rings. The maximum Gasteiger partial charge on any atom is 0.255 e. The summed E-state index contributed by atoms with van der Waals surface area (Å²) in [5.74, 6) is 1.32. The predicted octanol–water partition coefficient (Wildman–Crippen LogP) is 3.90. The molecule has 2 amide bonds. The summed E-state index contributed by atoms with van der Waals surface area (Å²) in [7, 11) is 0. The van der Waals surface area contributed by atoms with E-state index in [0.29, 0.717) is 23.5 Å². The lowest BCUT2D eigenvalue weighted by atomic mass is 10.1. The van der Waals surface area contributed by atoms with E-state index >= 15 is 0 Å². The number of benzene rings is 2. The number of anilines is 2. The highest BCUT2D eigenvalue weighted by Gasteiger charge is 2.21. The molecule has 7 heteroatoms. The molecule has 31 heavy (non-hydrogen) atoms. The second kappa shape index (κ2) is 9.73. The fraction of sp³-hybridized carbons (Fsp3) is 0.417. The van der Waals surface area contributed by atoms with Crippen LogP contribution in [0.1, 0.15) is 43.0 Å². The Kier molecular flexibility index (Phi) is 6.60. The number of carbonyl (C=O) groups excluding carboxylic acids is 2. The fourth-order valence-corrected chi connectivity index (χ4v) is 3.90. The van der Waals surface area contributed by atoms with Crippen LogP contribution in [0.2, 0.25) is 0 Å². The van der Waals surface area contributed by atoms with Crippen molar-refractivity contribution in [2.45, 2.75) is 32.6 Å². The fourth-order valence-electron chi connectivity index (χ4n) is 3.90. The third-order valence-electron chi connectivity index (χ3n) is 5.75. The number of amides is 2. The molecule has 1 saturated heterocycles. The van der Waals surface area contributed by atoms with Gasteiger partial charge in [-0.3, -0.25) is 9.59 Å². The van der Waals surface area contributed by atoms with Gasteiger partial charge in [0.2, 0.25) is 12.7 Å². The van der Waals surface area contributed by atoms with Gasteiger partial charge in [-0.05, 0) is 48.9 Å². The third-order valence-corrected chi connectivity index (χ3v) is 5.75. The molecule has 1 N–H and O–H groups in total. The van der Waals surface area contributed by atoms with Gasteiger partial charge in [-0.25, -0.2) is 0 Å². The van der Waals surface area contributed by atoms with Crippen LogP contribution in [-0.4, -0.2) is 49.7 Å². The first-order valence-corrected chi connectivity index (χ1v) is 11.0. The Morgan fingerprint density at radius 3 is 2.42 bits per heavy atom. The first kappa shape index (κ1) is 21.0. The number of carbonyl (C=O) groups is 2. The Hall–Kier alpha value is -3.22. The molecule has 0 saturated carbocycles. The zero-order valence-corrected chi connectivity index (χ0v) is 17.9. The third kappa shape index (κ3) is 5.10. The maximum absolute atomic E-state index is 12.5. The number of nitrogens with one attached hydrogen (secondary N) is 1. The lowest BCUT2D eigenvalue weighted by molar-refractivity contribution is -0.131. The van der Waals surface area contributed by atoms with E-state index in [1.807, 2.05) is 29.2 Å². The molecular formula is C24H29N3O4. The van der Waals surface area contributed by atoms with E-state index in [1.54, 1.807) is 18.2 Å². The molecule has 2 aromatic carbocycles. The van der Waals surface area contributed by atoms with Crippen molar-refractivity contribution in [3.63, 3.8) is 0 Å². The van der Waals surface area contributed by atoms with Gasteiger partial charge in [0.25, 0.3) is 5.91 Å².